The summed E-state index contributed by atoms with van der Waals surface area (Å²) in [5, 5.41) is 0. The number of hydrogen-bond acceptors (Lipinski definition) is 3. The molecule has 4 nitrogen and oxygen atoms in total. The average Bonchev–Trinajstić information content (AvgIpc) is 2.91. The molecule has 0 bridgehead atoms. The molecule has 2 aliphatic rings. The van der Waals surface area contributed by atoms with Crippen molar-refractivity contribution in [2.24, 2.45) is 0 Å². The summed E-state index contributed by atoms with van der Waals surface area (Å²) < 4.78 is 0. The van der Waals surface area contributed by atoms with Crippen LogP contribution < -0.4 is 0 Å². The first-order chi connectivity index (χ1) is 12.6. The Morgan fingerprint density at radius 2 is 1.58 bits per heavy atom. The predicted molar refractivity (Wildman–Crippen MR) is 104 cm³/mol. The Labute approximate surface area is 156 Å². The Bertz CT molecular complexity index is 685. The molecule has 0 radical (unpaired) electrons. The van der Waals surface area contributed by atoms with Crippen molar-refractivity contribution in [3.05, 3.63) is 41.1 Å². The number of benzene rings is 1. The summed E-state index contributed by atoms with van der Waals surface area (Å²) in [6.45, 7) is 6.47. The predicted octanol–water partition coefficient (Wildman–Crippen LogP) is 4.14. The molecule has 1 aromatic carbocycles. The third-order valence-electron chi connectivity index (χ3n) is 5.39. The van der Waals surface area contributed by atoms with Crippen LogP contribution in [0, 0.1) is 6.92 Å². The van der Waals surface area contributed by atoms with Gasteiger partial charge in [-0.2, -0.15) is 0 Å². The number of nitrogens with zero attached hydrogens (tertiary/aromatic N) is 2. The van der Waals surface area contributed by atoms with E-state index in [1.807, 2.05) is 31.2 Å². The van der Waals surface area contributed by atoms with Crippen LogP contribution in [-0.4, -0.2) is 41.2 Å². The summed E-state index contributed by atoms with van der Waals surface area (Å²) in [4.78, 5) is 29.9. The lowest BCUT2D eigenvalue weighted by Crippen LogP contribution is -2.37. The van der Waals surface area contributed by atoms with Crippen molar-refractivity contribution in [3.63, 3.8) is 0 Å². The first kappa shape index (κ1) is 18.7. The van der Waals surface area contributed by atoms with E-state index in [0.717, 1.165) is 62.7 Å². The zero-order valence-corrected chi connectivity index (χ0v) is 16.1. The van der Waals surface area contributed by atoms with Crippen LogP contribution in [0.2, 0.25) is 0 Å². The minimum absolute atomic E-state index is 0.0935. The smallest absolute Gasteiger partial charge is 0.277 e. The van der Waals surface area contributed by atoms with Gasteiger partial charge in [-0.3, -0.25) is 14.5 Å². The van der Waals surface area contributed by atoms with E-state index in [9.17, 15) is 9.59 Å². The molecule has 2 aliphatic heterocycles. The van der Waals surface area contributed by atoms with Crippen molar-refractivity contribution in [2.75, 3.05) is 19.6 Å². The second kappa shape index (κ2) is 8.52. The molecule has 0 N–H and O–H groups in total. The molecule has 0 aromatic heterocycles. The fourth-order valence-corrected chi connectivity index (χ4v) is 3.85. The molecule has 2 heterocycles. The van der Waals surface area contributed by atoms with Gasteiger partial charge in [-0.15, -0.1) is 0 Å². The van der Waals surface area contributed by atoms with E-state index in [2.05, 4.69) is 11.8 Å². The summed E-state index contributed by atoms with van der Waals surface area (Å²) in [6.07, 6.45) is 7.62. The van der Waals surface area contributed by atoms with Crippen molar-refractivity contribution in [3.8, 4) is 0 Å². The number of imide groups is 1. The molecule has 2 amide bonds. The number of carbonyl (C=O) groups excluding carboxylic acids is 2. The van der Waals surface area contributed by atoms with Crippen LogP contribution in [0.15, 0.2) is 30.0 Å². The van der Waals surface area contributed by atoms with Crippen LogP contribution in [0.25, 0.3) is 5.57 Å². The van der Waals surface area contributed by atoms with Gasteiger partial charge in [-0.1, -0.05) is 56.0 Å². The Kier molecular flexibility index (Phi) is 6.12. The Morgan fingerprint density at radius 1 is 0.885 bits per heavy atom. The zero-order chi connectivity index (χ0) is 18.5. The maximum absolute atomic E-state index is 13.1. The quantitative estimate of drug-likeness (QED) is 0.546. The number of amides is 2. The summed E-state index contributed by atoms with van der Waals surface area (Å²) in [5.41, 5.74) is 3.26. The van der Waals surface area contributed by atoms with Gasteiger partial charge in [-0.05, 0) is 38.2 Å². The molecule has 0 spiro atoms. The largest absolute Gasteiger partial charge is 0.366 e. The van der Waals surface area contributed by atoms with Crippen molar-refractivity contribution in [1.29, 1.82) is 0 Å². The maximum Gasteiger partial charge on any atom is 0.277 e. The molecular formula is C22H30N2O2. The third-order valence-corrected chi connectivity index (χ3v) is 5.39. The van der Waals surface area contributed by atoms with Gasteiger partial charge in [0.05, 0.1) is 5.57 Å². The molecule has 1 aromatic rings. The molecule has 0 unspecified atom stereocenters. The van der Waals surface area contributed by atoms with Crippen molar-refractivity contribution >= 4 is 17.4 Å². The van der Waals surface area contributed by atoms with Gasteiger partial charge in [0.1, 0.15) is 5.70 Å². The monoisotopic (exact) mass is 354 g/mol. The number of rotatable bonds is 7. The second-order valence-electron chi connectivity index (χ2n) is 7.46. The summed E-state index contributed by atoms with van der Waals surface area (Å²) in [5.74, 6) is -0.208. The molecule has 26 heavy (non-hydrogen) atoms. The van der Waals surface area contributed by atoms with Crippen molar-refractivity contribution in [1.82, 2.24) is 9.80 Å². The molecule has 1 fully saturated rings. The number of likely N-dealkylation sites (tertiary alicyclic amines) is 1. The van der Waals surface area contributed by atoms with Crippen LogP contribution in [0.1, 0.15) is 63.0 Å². The lowest BCUT2D eigenvalue weighted by Gasteiger charge is -2.29. The van der Waals surface area contributed by atoms with Crippen molar-refractivity contribution in [2.45, 2.75) is 58.8 Å². The van der Waals surface area contributed by atoms with Gasteiger partial charge in [0, 0.05) is 19.6 Å². The van der Waals surface area contributed by atoms with Gasteiger partial charge >= 0.3 is 0 Å². The molecule has 4 heteroatoms. The van der Waals surface area contributed by atoms with Gasteiger partial charge in [0.25, 0.3) is 11.8 Å². The van der Waals surface area contributed by atoms with Gasteiger partial charge in [0.2, 0.25) is 0 Å². The fourth-order valence-electron chi connectivity index (χ4n) is 3.85. The number of aryl methyl sites for hydroxylation is 1. The normalized spacial score (nSPS) is 18.2. The Morgan fingerprint density at radius 3 is 2.23 bits per heavy atom. The van der Waals surface area contributed by atoms with Crippen molar-refractivity contribution < 1.29 is 9.59 Å². The number of hydrogen-bond donors (Lipinski definition) is 0. The summed E-state index contributed by atoms with van der Waals surface area (Å²) in [6, 6.07) is 7.97. The number of carbonyl (C=O) groups is 2. The standard InChI is InChI=1S/C22H30N2O2/c1-3-4-5-9-16-24-21(25)19(18-12-10-17(2)11-13-18)20(22(24)26)23-14-7-6-8-15-23/h10-13H,3-9,14-16H2,1-2H3. The average molecular weight is 354 g/mol. The maximum atomic E-state index is 13.1. The summed E-state index contributed by atoms with van der Waals surface area (Å²) in [7, 11) is 0. The highest BCUT2D eigenvalue weighted by Crippen LogP contribution is 2.33. The van der Waals surface area contributed by atoms with Crippen LogP contribution in [0.4, 0.5) is 0 Å². The van der Waals surface area contributed by atoms with E-state index in [1.165, 1.54) is 11.3 Å². The van der Waals surface area contributed by atoms with E-state index < -0.39 is 0 Å². The lowest BCUT2D eigenvalue weighted by molar-refractivity contribution is -0.137. The Balaban J connectivity index is 1.90. The molecule has 1 saturated heterocycles. The van der Waals surface area contributed by atoms with Gasteiger partial charge < -0.3 is 4.90 Å². The number of piperidine rings is 1. The summed E-state index contributed by atoms with van der Waals surface area (Å²) >= 11 is 0. The van der Waals surface area contributed by atoms with E-state index >= 15 is 0 Å². The van der Waals surface area contributed by atoms with Crippen LogP contribution in [-0.2, 0) is 9.59 Å². The topological polar surface area (TPSA) is 40.6 Å². The van der Waals surface area contributed by atoms with E-state index in [4.69, 9.17) is 0 Å². The molecule has 0 aliphatic carbocycles. The second-order valence-corrected chi connectivity index (χ2v) is 7.46. The molecular weight excluding hydrogens is 324 g/mol. The first-order valence-corrected chi connectivity index (χ1v) is 10.1. The lowest BCUT2D eigenvalue weighted by atomic mass is 10.0. The van der Waals surface area contributed by atoms with Crippen LogP contribution >= 0.6 is 0 Å². The highest BCUT2D eigenvalue weighted by atomic mass is 16.2. The van der Waals surface area contributed by atoms with Gasteiger partial charge in [-0.25, -0.2) is 0 Å². The van der Waals surface area contributed by atoms with E-state index in [-0.39, 0.29) is 11.8 Å². The zero-order valence-electron chi connectivity index (χ0n) is 16.1. The Hall–Kier alpha value is -2.10. The molecule has 0 atom stereocenters. The molecule has 140 valence electrons. The SMILES string of the molecule is CCCCCCN1C(=O)C(c2ccc(C)cc2)=C(N2CCCCC2)C1=O. The third kappa shape index (κ3) is 3.84. The van der Waals surface area contributed by atoms with Crippen LogP contribution in [0.3, 0.4) is 0 Å². The first-order valence-electron chi connectivity index (χ1n) is 10.1. The van der Waals surface area contributed by atoms with Gasteiger partial charge in [0.15, 0.2) is 0 Å². The number of unbranched alkanes of at least 4 members (excludes halogenated alkanes) is 3. The highest BCUT2D eigenvalue weighted by Gasteiger charge is 2.41. The minimum atomic E-state index is -0.115. The van der Waals surface area contributed by atoms with E-state index in [1.54, 1.807) is 0 Å². The molecule has 3 rings (SSSR count). The fraction of sp³-hybridized carbons (Fsp3) is 0.545. The highest BCUT2D eigenvalue weighted by molar-refractivity contribution is 6.35. The minimum Gasteiger partial charge on any atom is -0.366 e. The van der Waals surface area contributed by atoms with E-state index in [0.29, 0.717) is 17.8 Å². The van der Waals surface area contributed by atoms with Crippen LogP contribution in [0.5, 0.6) is 0 Å². The molecule has 0 saturated carbocycles.